The Kier molecular flexibility index (Phi) is 4.72. The highest BCUT2D eigenvalue weighted by Gasteiger charge is 2.04. The SMILES string of the molecule is CC(CN)COc1ccc(Br)cc1Cl. The van der Waals surface area contributed by atoms with Gasteiger partial charge in [0.15, 0.2) is 0 Å². The van der Waals surface area contributed by atoms with E-state index in [0.717, 1.165) is 4.47 Å². The first-order valence-electron chi connectivity index (χ1n) is 4.41. The molecule has 2 N–H and O–H groups in total. The van der Waals surface area contributed by atoms with E-state index < -0.39 is 0 Å². The summed E-state index contributed by atoms with van der Waals surface area (Å²) in [6.45, 7) is 3.25. The molecule has 14 heavy (non-hydrogen) atoms. The molecule has 78 valence electrons. The van der Waals surface area contributed by atoms with Crippen molar-refractivity contribution in [2.75, 3.05) is 13.2 Å². The Balaban J connectivity index is 2.59. The van der Waals surface area contributed by atoms with Gasteiger partial charge in [0.1, 0.15) is 5.75 Å². The van der Waals surface area contributed by atoms with Crippen LogP contribution in [0.15, 0.2) is 22.7 Å². The van der Waals surface area contributed by atoms with Crippen LogP contribution in [0.2, 0.25) is 5.02 Å². The molecule has 0 bridgehead atoms. The summed E-state index contributed by atoms with van der Waals surface area (Å²) in [4.78, 5) is 0. The Hall–Kier alpha value is -0.250. The maximum absolute atomic E-state index is 5.97. The third-order valence-corrected chi connectivity index (χ3v) is 2.61. The summed E-state index contributed by atoms with van der Waals surface area (Å²) >= 11 is 9.30. The molecule has 0 aliphatic rings. The summed E-state index contributed by atoms with van der Waals surface area (Å²) in [5.74, 6) is 1.05. The lowest BCUT2D eigenvalue weighted by Crippen LogP contribution is -2.18. The molecule has 4 heteroatoms. The smallest absolute Gasteiger partial charge is 0.137 e. The standard InChI is InChI=1S/C10H13BrClNO/c1-7(5-13)6-14-10-3-2-8(11)4-9(10)12/h2-4,7H,5-6,13H2,1H3. The van der Waals surface area contributed by atoms with Crippen molar-refractivity contribution in [3.05, 3.63) is 27.7 Å². The summed E-state index contributed by atoms with van der Waals surface area (Å²) in [5.41, 5.74) is 5.48. The second kappa shape index (κ2) is 5.59. The summed E-state index contributed by atoms with van der Waals surface area (Å²) in [6, 6.07) is 5.55. The molecule has 0 aromatic heterocycles. The quantitative estimate of drug-likeness (QED) is 0.918. The molecule has 1 atom stereocenters. The minimum Gasteiger partial charge on any atom is -0.492 e. The highest BCUT2D eigenvalue weighted by molar-refractivity contribution is 9.10. The van der Waals surface area contributed by atoms with Crippen LogP contribution in [-0.4, -0.2) is 13.2 Å². The van der Waals surface area contributed by atoms with Gasteiger partial charge in [-0.05, 0) is 24.7 Å². The van der Waals surface area contributed by atoms with Gasteiger partial charge in [-0.1, -0.05) is 34.5 Å². The molecule has 0 spiro atoms. The van der Waals surface area contributed by atoms with Crippen LogP contribution in [0.4, 0.5) is 0 Å². The molecule has 0 amide bonds. The molecule has 0 aliphatic heterocycles. The first kappa shape index (κ1) is 11.8. The molecular formula is C10H13BrClNO. The lowest BCUT2D eigenvalue weighted by Gasteiger charge is -2.11. The number of halogens is 2. The molecular weight excluding hydrogens is 265 g/mol. The highest BCUT2D eigenvalue weighted by Crippen LogP contribution is 2.27. The second-order valence-corrected chi connectivity index (χ2v) is 4.55. The number of rotatable bonds is 4. The van der Waals surface area contributed by atoms with Crippen LogP contribution in [0.3, 0.4) is 0 Å². The number of benzene rings is 1. The molecule has 0 saturated heterocycles. The van der Waals surface area contributed by atoms with Gasteiger partial charge >= 0.3 is 0 Å². The molecule has 1 rings (SSSR count). The Morgan fingerprint density at radius 3 is 2.86 bits per heavy atom. The van der Waals surface area contributed by atoms with Gasteiger partial charge in [-0.3, -0.25) is 0 Å². The molecule has 2 nitrogen and oxygen atoms in total. The summed E-state index contributed by atoms with van der Waals surface area (Å²) in [5, 5.41) is 0.614. The molecule has 0 radical (unpaired) electrons. The normalized spacial score (nSPS) is 12.6. The van der Waals surface area contributed by atoms with Crippen molar-refractivity contribution in [1.29, 1.82) is 0 Å². The monoisotopic (exact) mass is 277 g/mol. The fourth-order valence-corrected chi connectivity index (χ4v) is 1.62. The van der Waals surface area contributed by atoms with Crippen molar-refractivity contribution in [2.45, 2.75) is 6.92 Å². The third-order valence-electron chi connectivity index (χ3n) is 1.82. The van der Waals surface area contributed by atoms with Gasteiger partial charge in [0, 0.05) is 10.4 Å². The number of hydrogen-bond donors (Lipinski definition) is 1. The Morgan fingerprint density at radius 2 is 2.29 bits per heavy atom. The minimum atomic E-state index is 0.342. The van der Waals surface area contributed by atoms with E-state index in [1.807, 2.05) is 25.1 Å². The van der Waals surface area contributed by atoms with Crippen LogP contribution < -0.4 is 10.5 Å². The van der Waals surface area contributed by atoms with Gasteiger partial charge in [0.2, 0.25) is 0 Å². The van der Waals surface area contributed by atoms with E-state index in [9.17, 15) is 0 Å². The van der Waals surface area contributed by atoms with Crippen molar-refractivity contribution in [3.63, 3.8) is 0 Å². The lowest BCUT2D eigenvalue weighted by atomic mass is 10.2. The van der Waals surface area contributed by atoms with Crippen LogP contribution in [0.5, 0.6) is 5.75 Å². The van der Waals surface area contributed by atoms with Crippen LogP contribution >= 0.6 is 27.5 Å². The van der Waals surface area contributed by atoms with Gasteiger partial charge in [0.25, 0.3) is 0 Å². The largest absolute Gasteiger partial charge is 0.492 e. The average Bonchev–Trinajstić information content (AvgIpc) is 2.16. The molecule has 1 aromatic carbocycles. The summed E-state index contributed by atoms with van der Waals surface area (Å²) in [7, 11) is 0. The van der Waals surface area contributed by atoms with Crippen LogP contribution in [0.25, 0.3) is 0 Å². The third kappa shape index (κ3) is 3.48. The Labute approximate surface area is 97.5 Å². The number of nitrogens with two attached hydrogens (primary N) is 1. The number of ether oxygens (including phenoxy) is 1. The molecule has 0 fully saturated rings. The highest BCUT2D eigenvalue weighted by atomic mass is 79.9. The first-order valence-corrected chi connectivity index (χ1v) is 5.58. The Bertz CT molecular complexity index is 306. The van der Waals surface area contributed by atoms with Crippen molar-refractivity contribution in [1.82, 2.24) is 0 Å². The minimum absolute atomic E-state index is 0.342. The first-order chi connectivity index (χ1) is 6.63. The van der Waals surface area contributed by atoms with Gasteiger partial charge in [-0.15, -0.1) is 0 Å². The predicted octanol–water partition coefficient (Wildman–Crippen LogP) is 3.08. The van der Waals surface area contributed by atoms with Crippen molar-refractivity contribution >= 4 is 27.5 Å². The zero-order chi connectivity index (χ0) is 10.6. The van der Waals surface area contributed by atoms with Crippen LogP contribution in [-0.2, 0) is 0 Å². The summed E-state index contributed by atoms with van der Waals surface area (Å²) < 4.78 is 6.46. The Morgan fingerprint density at radius 1 is 1.57 bits per heavy atom. The van der Waals surface area contributed by atoms with Gasteiger partial charge in [-0.2, -0.15) is 0 Å². The maximum Gasteiger partial charge on any atom is 0.137 e. The van der Waals surface area contributed by atoms with E-state index in [1.54, 1.807) is 0 Å². The van der Waals surface area contributed by atoms with E-state index in [1.165, 1.54) is 0 Å². The number of hydrogen-bond acceptors (Lipinski definition) is 2. The lowest BCUT2D eigenvalue weighted by molar-refractivity contribution is 0.264. The second-order valence-electron chi connectivity index (χ2n) is 3.23. The zero-order valence-electron chi connectivity index (χ0n) is 7.97. The van der Waals surface area contributed by atoms with Crippen molar-refractivity contribution in [3.8, 4) is 5.75 Å². The van der Waals surface area contributed by atoms with Gasteiger partial charge in [-0.25, -0.2) is 0 Å². The van der Waals surface area contributed by atoms with E-state index >= 15 is 0 Å². The van der Waals surface area contributed by atoms with E-state index in [2.05, 4.69) is 15.9 Å². The average molecular weight is 279 g/mol. The fraction of sp³-hybridized carbons (Fsp3) is 0.400. The molecule has 0 heterocycles. The van der Waals surface area contributed by atoms with Crippen LogP contribution in [0.1, 0.15) is 6.92 Å². The molecule has 1 unspecified atom stereocenters. The molecule has 0 aliphatic carbocycles. The van der Waals surface area contributed by atoms with E-state index in [-0.39, 0.29) is 0 Å². The van der Waals surface area contributed by atoms with E-state index in [4.69, 9.17) is 22.1 Å². The van der Waals surface area contributed by atoms with Gasteiger partial charge in [0.05, 0.1) is 11.6 Å². The fourth-order valence-electron chi connectivity index (χ4n) is 0.892. The van der Waals surface area contributed by atoms with Gasteiger partial charge < -0.3 is 10.5 Å². The zero-order valence-corrected chi connectivity index (χ0v) is 10.3. The maximum atomic E-state index is 5.97. The predicted molar refractivity (Wildman–Crippen MR) is 62.9 cm³/mol. The topological polar surface area (TPSA) is 35.2 Å². The van der Waals surface area contributed by atoms with E-state index in [0.29, 0.717) is 29.8 Å². The van der Waals surface area contributed by atoms with Crippen molar-refractivity contribution < 1.29 is 4.74 Å². The summed E-state index contributed by atoms with van der Waals surface area (Å²) in [6.07, 6.45) is 0. The molecule has 1 aromatic rings. The van der Waals surface area contributed by atoms with Crippen molar-refractivity contribution in [2.24, 2.45) is 11.7 Å². The molecule has 0 saturated carbocycles. The van der Waals surface area contributed by atoms with Crippen LogP contribution in [0, 0.1) is 5.92 Å².